The molecule has 0 saturated carbocycles. The molecular weight excluding hydrogens is 224 g/mol. The van der Waals surface area contributed by atoms with Crippen molar-refractivity contribution in [2.24, 2.45) is 0 Å². The number of ether oxygens (including phenoxy) is 1. The number of hydrogen-bond acceptors (Lipinski definition) is 3. The van der Waals surface area contributed by atoms with E-state index in [2.05, 4.69) is 12.1 Å². The molecule has 0 amide bonds. The topological polar surface area (TPSA) is 56.8 Å². The maximum absolute atomic E-state index is 8.88. The SMILES string of the molecule is N#Cc1ccc2c(c1)Cc1cc(C#N)ccc1O2. The van der Waals surface area contributed by atoms with Gasteiger partial charge in [-0.15, -0.1) is 0 Å². The van der Waals surface area contributed by atoms with Gasteiger partial charge >= 0.3 is 0 Å². The van der Waals surface area contributed by atoms with Crippen molar-refractivity contribution in [1.82, 2.24) is 0 Å². The van der Waals surface area contributed by atoms with Gasteiger partial charge in [-0.2, -0.15) is 10.5 Å². The summed E-state index contributed by atoms with van der Waals surface area (Å²) in [6.45, 7) is 0. The van der Waals surface area contributed by atoms with Gasteiger partial charge in [0.2, 0.25) is 0 Å². The van der Waals surface area contributed by atoms with Gasteiger partial charge in [0.1, 0.15) is 11.5 Å². The highest BCUT2D eigenvalue weighted by Crippen LogP contribution is 2.37. The van der Waals surface area contributed by atoms with Gasteiger partial charge < -0.3 is 4.74 Å². The van der Waals surface area contributed by atoms with Crippen LogP contribution in [0.1, 0.15) is 22.3 Å². The summed E-state index contributed by atoms with van der Waals surface area (Å²) in [6, 6.07) is 15.0. The highest BCUT2D eigenvalue weighted by Gasteiger charge is 2.17. The molecule has 3 rings (SSSR count). The van der Waals surface area contributed by atoms with E-state index in [1.54, 1.807) is 12.1 Å². The zero-order chi connectivity index (χ0) is 12.5. The Balaban J connectivity index is 2.07. The molecule has 84 valence electrons. The first-order chi connectivity index (χ1) is 8.80. The van der Waals surface area contributed by atoms with Crippen molar-refractivity contribution in [1.29, 1.82) is 10.5 Å². The van der Waals surface area contributed by atoms with Crippen LogP contribution in [0, 0.1) is 22.7 Å². The molecular formula is C15H8N2O. The van der Waals surface area contributed by atoms with E-state index >= 15 is 0 Å². The molecule has 1 aliphatic heterocycles. The molecule has 1 heterocycles. The molecule has 18 heavy (non-hydrogen) atoms. The minimum atomic E-state index is 0.622. The van der Waals surface area contributed by atoms with Crippen LogP contribution in [0.5, 0.6) is 11.5 Å². The summed E-state index contributed by atoms with van der Waals surface area (Å²) in [5.74, 6) is 1.57. The first-order valence-electron chi connectivity index (χ1n) is 5.54. The Bertz CT molecular complexity index is 659. The third-order valence-corrected chi connectivity index (χ3v) is 2.98. The van der Waals surface area contributed by atoms with Gasteiger partial charge in [-0.05, 0) is 36.4 Å². The maximum Gasteiger partial charge on any atom is 0.131 e. The van der Waals surface area contributed by atoms with Gasteiger partial charge in [0, 0.05) is 17.5 Å². The maximum atomic E-state index is 8.88. The third-order valence-electron chi connectivity index (χ3n) is 2.98. The first-order valence-corrected chi connectivity index (χ1v) is 5.54. The van der Waals surface area contributed by atoms with E-state index in [1.807, 2.05) is 24.3 Å². The monoisotopic (exact) mass is 232 g/mol. The fraction of sp³-hybridized carbons (Fsp3) is 0.0667. The van der Waals surface area contributed by atoms with Crippen molar-refractivity contribution in [3.8, 4) is 23.6 Å². The first kappa shape index (κ1) is 10.4. The number of rotatable bonds is 0. The van der Waals surface area contributed by atoms with Gasteiger partial charge in [-0.25, -0.2) is 0 Å². The summed E-state index contributed by atoms with van der Waals surface area (Å²) >= 11 is 0. The zero-order valence-corrected chi connectivity index (χ0v) is 9.47. The largest absolute Gasteiger partial charge is 0.457 e. The van der Waals surface area contributed by atoms with Crippen molar-refractivity contribution < 1.29 is 4.74 Å². The van der Waals surface area contributed by atoms with Crippen LogP contribution in [0.3, 0.4) is 0 Å². The lowest BCUT2D eigenvalue weighted by Crippen LogP contribution is -2.03. The molecule has 2 aromatic carbocycles. The van der Waals surface area contributed by atoms with Crippen molar-refractivity contribution in [3.63, 3.8) is 0 Å². The molecule has 0 bridgehead atoms. The van der Waals surface area contributed by atoms with Crippen LogP contribution in [-0.4, -0.2) is 0 Å². The van der Waals surface area contributed by atoms with Crippen LogP contribution < -0.4 is 4.74 Å². The highest BCUT2D eigenvalue weighted by molar-refractivity contribution is 5.54. The average molecular weight is 232 g/mol. The summed E-state index contributed by atoms with van der Waals surface area (Å²) in [4.78, 5) is 0. The molecule has 0 atom stereocenters. The Labute approximate surface area is 104 Å². The summed E-state index contributed by atoms with van der Waals surface area (Å²) in [5, 5.41) is 17.8. The van der Waals surface area contributed by atoms with Crippen molar-refractivity contribution in [2.75, 3.05) is 0 Å². The van der Waals surface area contributed by atoms with E-state index in [9.17, 15) is 0 Å². The second kappa shape index (κ2) is 3.91. The summed E-state index contributed by atoms with van der Waals surface area (Å²) in [6.07, 6.45) is 0.690. The number of hydrogen-bond donors (Lipinski definition) is 0. The predicted molar refractivity (Wildman–Crippen MR) is 65.2 cm³/mol. The van der Waals surface area contributed by atoms with E-state index in [1.165, 1.54) is 0 Å². The quantitative estimate of drug-likeness (QED) is 0.598. The van der Waals surface area contributed by atoms with Crippen LogP contribution in [0.15, 0.2) is 36.4 Å². The van der Waals surface area contributed by atoms with Gasteiger partial charge in [0.15, 0.2) is 0 Å². The predicted octanol–water partition coefficient (Wildman–Crippen LogP) is 3.13. The fourth-order valence-electron chi connectivity index (χ4n) is 2.10. The van der Waals surface area contributed by atoms with Crippen LogP contribution in [-0.2, 0) is 6.42 Å². The molecule has 1 aliphatic rings. The summed E-state index contributed by atoms with van der Waals surface area (Å²) in [5.41, 5.74) is 3.21. The van der Waals surface area contributed by atoms with Crippen molar-refractivity contribution in [2.45, 2.75) is 6.42 Å². The molecule has 0 aromatic heterocycles. The van der Waals surface area contributed by atoms with E-state index in [0.29, 0.717) is 17.5 Å². The van der Waals surface area contributed by atoms with Crippen LogP contribution in [0.25, 0.3) is 0 Å². The molecule has 0 unspecified atom stereocenters. The normalized spacial score (nSPS) is 11.4. The highest BCUT2D eigenvalue weighted by atomic mass is 16.5. The second-order valence-corrected chi connectivity index (χ2v) is 4.15. The Morgan fingerprint density at radius 1 is 0.833 bits per heavy atom. The number of fused-ring (bicyclic) bond motifs is 2. The van der Waals surface area contributed by atoms with Crippen molar-refractivity contribution >= 4 is 0 Å². The van der Waals surface area contributed by atoms with Crippen molar-refractivity contribution in [3.05, 3.63) is 58.7 Å². The lowest BCUT2D eigenvalue weighted by Gasteiger charge is -2.20. The molecule has 0 spiro atoms. The minimum Gasteiger partial charge on any atom is -0.457 e. The number of nitriles is 2. The number of nitrogens with zero attached hydrogens (tertiary/aromatic N) is 2. The fourth-order valence-corrected chi connectivity index (χ4v) is 2.10. The van der Waals surface area contributed by atoms with E-state index in [0.717, 1.165) is 22.6 Å². The standard InChI is InChI=1S/C15H8N2O/c16-8-10-1-3-14-12(5-10)7-13-6-11(9-17)2-4-15(13)18-14/h1-6H,7H2. The molecule has 3 nitrogen and oxygen atoms in total. The van der Waals surface area contributed by atoms with E-state index < -0.39 is 0 Å². The van der Waals surface area contributed by atoms with Gasteiger partial charge in [0.25, 0.3) is 0 Å². The molecule has 0 fully saturated rings. The van der Waals surface area contributed by atoms with E-state index in [4.69, 9.17) is 15.3 Å². The molecule has 0 saturated heterocycles. The van der Waals surface area contributed by atoms with Gasteiger partial charge in [0.05, 0.1) is 23.3 Å². The lowest BCUT2D eigenvalue weighted by molar-refractivity contribution is 0.460. The average Bonchev–Trinajstić information content (AvgIpc) is 2.43. The third kappa shape index (κ3) is 1.59. The van der Waals surface area contributed by atoms with Crippen LogP contribution in [0.4, 0.5) is 0 Å². The lowest BCUT2D eigenvalue weighted by atomic mass is 9.97. The Morgan fingerprint density at radius 3 is 1.78 bits per heavy atom. The Hall–Kier alpha value is -2.78. The minimum absolute atomic E-state index is 0.622. The molecule has 0 radical (unpaired) electrons. The Morgan fingerprint density at radius 2 is 1.33 bits per heavy atom. The molecule has 2 aromatic rings. The van der Waals surface area contributed by atoms with Gasteiger partial charge in [-0.1, -0.05) is 0 Å². The summed E-state index contributed by atoms with van der Waals surface area (Å²) < 4.78 is 5.76. The van der Waals surface area contributed by atoms with Crippen LogP contribution >= 0.6 is 0 Å². The van der Waals surface area contributed by atoms with E-state index in [-0.39, 0.29) is 0 Å². The smallest absolute Gasteiger partial charge is 0.131 e. The summed E-state index contributed by atoms with van der Waals surface area (Å²) in [7, 11) is 0. The molecule has 0 N–H and O–H groups in total. The van der Waals surface area contributed by atoms with Gasteiger partial charge in [-0.3, -0.25) is 0 Å². The second-order valence-electron chi connectivity index (χ2n) is 4.15. The Kier molecular flexibility index (Phi) is 2.25. The molecule has 0 aliphatic carbocycles. The van der Waals surface area contributed by atoms with Crippen LogP contribution in [0.2, 0.25) is 0 Å². The zero-order valence-electron chi connectivity index (χ0n) is 9.47. The molecule has 3 heteroatoms. The number of benzene rings is 2.